The summed E-state index contributed by atoms with van der Waals surface area (Å²) >= 11 is 0. The maximum Gasteiger partial charge on any atom is 0.318 e. The fourth-order valence-corrected chi connectivity index (χ4v) is 4.35. The van der Waals surface area contributed by atoms with E-state index in [2.05, 4.69) is 41.5 Å². The summed E-state index contributed by atoms with van der Waals surface area (Å²) < 4.78 is 7.62. The molecule has 0 saturated carbocycles. The molecule has 6 heteroatoms. The van der Waals surface area contributed by atoms with Crippen molar-refractivity contribution >= 4 is 6.03 Å². The van der Waals surface area contributed by atoms with Crippen LogP contribution in [-0.4, -0.2) is 40.2 Å². The quantitative estimate of drug-likeness (QED) is 0.918. The second-order valence-electron chi connectivity index (χ2n) is 7.20. The molecular weight excluding hydrogens is 328 g/mol. The van der Waals surface area contributed by atoms with Crippen molar-refractivity contribution in [1.29, 1.82) is 0 Å². The van der Waals surface area contributed by atoms with E-state index < -0.39 is 0 Å². The highest BCUT2D eigenvalue weighted by atomic mass is 16.5. The van der Waals surface area contributed by atoms with Crippen LogP contribution in [0.5, 0.6) is 0 Å². The van der Waals surface area contributed by atoms with Crippen LogP contribution in [0.4, 0.5) is 4.79 Å². The second-order valence-corrected chi connectivity index (χ2v) is 7.20. The Balaban J connectivity index is 1.49. The minimum absolute atomic E-state index is 0.0124. The van der Waals surface area contributed by atoms with E-state index in [1.165, 1.54) is 5.56 Å². The summed E-state index contributed by atoms with van der Waals surface area (Å²) in [7, 11) is 0. The van der Waals surface area contributed by atoms with E-state index in [0.717, 1.165) is 45.0 Å². The molecule has 0 aliphatic carbocycles. The Morgan fingerprint density at radius 3 is 2.81 bits per heavy atom. The molecule has 6 nitrogen and oxygen atoms in total. The molecule has 1 aromatic heterocycles. The number of benzene rings is 1. The van der Waals surface area contributed by atoms with Crippen LogP contribution < -0.4 is 5.32 Å². The van der Waals surface area contributed by atoms with Gasteiger partial charge in [0.1, 0.15) is 5.82 Å². The van der Waals surface area contributed by atoms with Gasteiger partial charge in [-0.3, -0.25) is 0 Å². The first-order chi connectivity index (χ1) is 12.7. The third-order valence-corrected chi connectivity index (χ3v) is 5.78. The molecule has 1 spiro atoms. The molecule has 1 aromatic carbocycles. The van der Waals surface area contributed by atoms with Gasteiger partial charge in [0.2, 0.25) is 0 Å². The van der Waals surface area contributed by atoms with Crippen molar-refractivity contribution in [2.45, 2.75) is 38.9 Å². The molecule has 2 aromatic rings. The predicted molar refractivity (Wildman–Crippen MR) is 98.5 cm³/mol. The molecule has 1 N–H and O–H groups in total. The molecule has 138 valence electrons. The normalized spacial score (nSPS) is 21.4. The van der Waals surface area contributed by atoms with E-state index in [0.29, 0.717) is 6.54 Å². The van der Waals surface area contributed by atoms with Crippen LogP contribution in [-0.2, 0) is 17.8 Å². The molecule has 0 radical (unpaired) electrons. The SMILES string of the molecule is CCn1ccnc1CNC(=O)N1CC2(CCOCC2)C1c1ccccc1. The highest BCUT2D eigenvalue weighted by molar-refractivity contribution is 5.76. The van der Waals surface area contributed by atoms with Gasteiger partial charge >= 0.3 is 6.03 Å². The van der Waals surface area contributed by atoms with Gasteiger partial charge in [-0.1, -0.05) is 30.3 Å². The van der Waals surface area contributed by atoms with Crippen LogP contribution >= 0.6 is 0 Å². The molecule has 3 heterocycles. The summed E-state index contributed by atoms with van der Waals surface area (Å²) in [4.78, 5) is 19.2. The lowest BCUT2D eigenvalue weighted by Gasteiger charge is -2.59. The average molecular weight is 354 g/mol. The number of likely N-dealkylation sites (tertiary alicyclic amines) is 1. The first-order valence-corrected chi connectivity index (χ1v) is 9.41. The van der Waals surface area contributed by atoms with Crippen molar-refractivity contribution in [3.8, 4) is 0 Å². The summed E-state index contributed by atoms with van der Waals surface area (Å²) in [5.74, 6) is 0.887. The summed E-state index contributed by atoms with van der Waals surface area (Å²) in [5.41, 5.74) is 1.37. The highest BCUT2D eigenvalue weighted by Crippen LogP contribution is 2.54. The molecule has 0 bridgehead atoms. The smallest absolute Gasteiger partial charge is 0.318 e. The lowest BCUT2D eigenvalue weighted by molar-refractivity contribution is -0.111. The Morgan fingerprint density at radius 2 is 2.08 bits per heavy atom. The number of carbonyl (C=O) groups excluding carboxylic acids is 1. The van der Waals surface area contributed by atoms with Crippen LogP contribution in [0.3, 0.4) is 0 Å². The molecule has 2 aliphatic heterocycles. The maximum atomic E-state index is 12.9. The van der Waals surface area contributed by atoms with Crippen LogP contribution in [0, 0.1) is 5.41 Å². The number of urea groups is 1. The number of amides is 2. The molecule has 2 aliphatic rings. The van der Waals surface area contributed by atoms with Crippen LogP contribution in [0.2, 0.25) is 0 Å². The molecular formula is C20H26N4O2. The van der Waals surface area contributed by atoms with E-state index >= 15 is 0 Å². The number of rotatable bonds is 4. The molecule has 2 amide bonds. The van der Waals surface area contributed by atoms with Crippen molar-refractivity contribution in [2.24, 2.45) is 5.41 Å². The number of hydrogen-bond donors (Lipinski definition) is 1. The van der Waals surface area contributed by atoms with Gasteiger partial charge < -0.3 is 19.5 Å². The van der Waals surface area contributed by atoms with Crippen LogP contribution in [0.15, 0.2) is 42.7 Å². The first-order valence-electron chi connectivity index (χ1n) is 9.41. The van der Waals surface area contributed by atoms with Gasteiger partial charge in [-0.2, -0.15) is 0 Å². The Hall–Kier alpha value is -2.34. The van der Waals surface area contributed by atoms with Gasteiger partial charge in [0.25, 0.3) is 0 Å². The molecule has 2 saturated heterocycles. The van der Waals surface area contributed by atoms with Crippen LogP contribution in [0.1, 0.15) is 37.2 Å². The fourth-order valence-electron chi connectivity index (χ4n) is 4.35. The molecule has 26 heavy (non-hydrogen) atoms. The van der Waals surface area contributed by atoms with Gasteiger partial charge in [0, 0.05) is 44.1 Å². The number of carbonyl (C=O) groups is 1. The maximum absolute atomic E-state index is 12.9. The van der Waals surface area contributed by atoms with Gasteiger partial charge in [0.15, 0.2) is 0 Å². The van der Waals surface area contributed by atoms with Gasteiger partial charge in [0.05, 0.1) is 12.6 Å². The highest BCUT2D eigenvalue weighted by Gasteiger charge is 2.55. The summed E-state index contributed by atoms with van der Waals surface area (Å²) in [6, 6.07) is 10.5. The minimum Gasteiger partial charge on any atom is -0.381 e. The lowest BCUT2D eigenvalue weighted by atomic mass is 9.64. The first kappa shape index (κ1) is 17.1. The number of nitrogens with zero attached hydrogens (tertiary/aromatic N) is 3. The minimum atomic E-state index is -0.0124. The second kappa shape index (κ2) is 7.11. The summed E-state index contributed by atoms with van der Waals surface area (Å²) in [5, 5.41) is 3.06. The number of aryl methyl sites for hydroxylation is 1. The van der Waals surface area contributed by atoms with E-state index in [1.807, 2.05) is 21.7 Å². The molecule has 2 fully saturated rings. The zero-order valence-corrected chi connectivity index (χ0v) is 15.2. The van der Waals surface area contributed by atoms with E-state index in [-0.39, 0.29) is 17.5 Å². The van der Waals surface area contributed by atoms with Gasteiger partial charge in [-0.15, -0.1) is 0 Å². The van der Waals surface area contributed by atoms with Gasteiger partial charge in [-0.25, -0.2) is 9.78 Å². The largest absolute Gasteiger partial charge is 0.381 e. The Kier molecular flexibility index (Phi) is 4.68. The van der Waals surface area contributed by atoms with E-state index in [4.69, 9.17) is 4.74 Å². The summed E-state index contributed by atoms with van der Waals surface area (Å²) in [6.07, 6.45) is 5.74. The Bertz CT molecular complexity index is 752. The average Bonchev–Trinajstić information content (AvgIpc) is 3.13. The number of nitrogens with one attached hydrogen (secondary N) is 1. The number of ether oxygens (including phenoxy) is 1. The number of aromatic nitrogens is 2. The predicted octanol–water partition coefficient (Wildman–Crippen LogP) is 2.97. The topological polar surface area (TPSA) is 59.4 Å². The van der Waals surface area contributed by atoms with Crippen molar-refractivity contribution in [1.82, 2.24) is 19.8 Å². The molecule has 4 rings (SSSR count). The molecule has 1 unspecified atom stereocenters. The Labute approximate surface area is 154 Å². The zero-order chi connectivity index (χ0) is 18.0. The monoisotopic (exact) mass is 354 g/mol. The van der Waals surface area contributed by atoms with Crippen molar-refractivity contribution in [3.05, 3.63) is 54.1 Å². The Morgan fingerprint density at radius 1 is 1.31 bits per heavy atom. The van der Waals surface area contributed by atoms with Crippen molar-refractivity contribution in [2.75, 3.05) is 19.8 Å². The van der Waals surface area contributed by atoms with Crippen molar-refractivity contribution < 1.29 is 9.53 Å². The fraction of sp³-hybridized carbons (Fsp3) is 0.500. The third-order valence-electron chi connectivity index (χ3n) is 5.78. The zero-order valence-electron chi connectivity index (χ0n) is 15.2. The van der Waals surface area contributed by atoms with Gasteiger partial charge in [-0.05, 0) is 25.3 Å². The van der Waals surface area contributed by atoms with E-state index in [1.54, 1.807) is 6.20 Å². The van der Waals surface area contributed by atoms with E-state index in [9.17, 15) is 4.79 Å². The van der Waals surface area contributed by atoms with Crippen molar-refractivity contribution in [3.63, 3.8) is 0 Å². The lowest BCUT2D eigenvalue weighted by Crippen LogP contribution is -2.64. The summed E-state index contributed by atoms with van der Waals surface area (Å²) in [6.45, 7) is 5.74. The third kappa shape index (κ3) is 2.98. The van der Waals surface area contributed by atoms with Crippen LogP contribution in [0.25, 0.3) is 0 Å². The molecule has 1 atom stereocenters. The number of hydrogen-bond acceptors (Lipinski definition) is 3. The standard InChI is InChI=1S/C20H26N4O2/c1-2-23-11-10-21-17(23)14-22-19(25)24-15-20(8-12-26-13-9-20)18(24)16-6-4-3-5-7-16/h3-7,10-11,18H,2,8-9,12-15H2,1H3,(H,22,25). The number of imidazole rings is 1.